The van der Waals surface area contributed by atoms with Gasteiger partial charge < -0.3 is 10.1 Å². The highest BCUT2D eigenvalue weighted by atomic mass is 35.5. The third-order valence-corrected chi connectivity index (χ3v) is 2.70. The number of nitrogens with one attached hydrogen (secondary N) is 1. The first-order valence-electron chi connectivity index (χ1n) is 5.97. The Hall–Kier alpha value is -1.27. The van der Waals surface area contributed by atoms with Crippen LogP contribution in [0.5, 0.6) is 0 Å². The first-order chi connectivity index (χ1) is 9.28. The molecule has 0 aliphatic heterocycles. The first-order valence-corrected chi connectivity index (χ1v) is 6.35. The Morgan fingerprint density at radius 2 is 2.15 bits per heavy atom. The molecule has 0 saturated carbocycles. The Balaban J connectivity index is 2.32. The van der Waals surface area contributed by atoms with Crippen molar-refractivity contribution in [2.24, 2.45) is 0 Å². The zero-order valence-corrected chi connectivity index (χ0v) is 11.6. The minimum absolute atomic E-state index is 0.124. The van der Waals surface area contributed by atoms with Gasteiger partial charge in [0.2, 0.25) is 5.91 Å². The summed E-state index contributed by atoms with van der Waals surface area (Å²) in [5.41, 5.74) is 0.821. The van der Waals surface area contributed by atoms with E-state index < -0.39 is 12.8 Å². The highest BCUT2D eigenvalue weighted by Crippen LogP contribution is 2.17. The van der Waals surface area contributed by atoms with E-state index in [4.69, 9.17) is 11.6 Å². The van der Waals surface area contributed by atoms with Gasteiger partial charge in [-0.2, -0.15) is 13.2 Å². The monoisotopic (exact) mass is 309 g/mol. The molecule has 0 aliphatic carbocycles. The summed E-state index contributed by atoms with van der Waals surface area (Å²) in [6, 6.07) is 6.71. The molecule has 0 radical (unpaired) electrons. The summed E-state index contributed by atoms with van der Waals surface area (Å²) in [6.07, 6.45) is -4.49. The van der Waals surface area contributed by atoms with Crippen LogP contribution < -0.4 is 5.32 Å². The van der Waals surface area contributed by atoms with Crippen molar-refractivity contribution in [2.45, 2.75) is 25.6 Å². The minimum Gasteiger partial charge on any atom is -0.372 e. The number of hydrogen-bond acceptors (Lipinski definition) is 2. The molecule has 1 rings (SSSR count). The van der Waals surface area contributed by atoms with E-state index in [0.717, 1.165) is 5.56 Å². The maximum Gasteiger partial charge on any atom is 0.411 e. The molecule has 1 aromatic rings. The maximum absolute atomic E-state index is 11.8. The molecule has 1 N–H and O–H groups in total. The Morgan fingerprint density at radius 1 is 1.45 bits per heavy atom. The lowest BCUT2D eigenvalue weighted by Gasteiger charge is -2.15. The number of hydrogen-bond donors (Lipinski definition) is 1. The molecule has 0 aliphatic rings. The highest BCUT2D eigenvalue weighted by molar-refractivity contribution is 6.30. The van der Waals surface area contributed by atoms with Crippen LogP contribution in [-0.4, -0.2) is 25.3 Å². The molecule has 1 unspecified atom stereocenters. The molecule has 1 atom stereocenters. The molecule has 7 heteroatoms. The SMILES string of the molecule is CC(NC(=O)CCOCC(F)(F)F)c1cccc(Cl)c1. The summed E-state index contributed by atoms with van der Waals surface area (Å²) < 4.78 is 39.8. The summed E-state index contributed by atoms with van der Waals surface area (Å²) in [5.74, 6) is -0.375. The van der Waals surface area contributed by atoms with Crippen molar-refractivity contribution < 1.29 is 22.7 Å². The second kappa shape index (κ2) is 7.50. The second-order valence-corrected chi connectivity index (χ2v) is 4.70. The molecule has 0 heterocycles. The van der Waals surface area contributed by atoms with Crippen molar-refractivity contribution in [2.75, 3.05) is 13.2 Å². The summed E-state index contributed by atoms with van der Waals surface area (Å²) in [7, 11) is 0. The predicted molar refractivity (Wildman–Crippen MR) is 69.5 cm³/mol. The van der Waals surface area contributed by atoms with Crippen molar-refractivity contribution in [3.63, 3.8) is 0 Å². The summed E-state index contributed by atoms with van der Waals surface area (Å²) in [4.78, 5) is 11.5. The van der Waals surface area contributed by atoms with Crippen molar-refractivity contribution >= 4 is 17.5 Å². The molecule has 1 aromatic carbocycles. The number of ether oxygens (including phenoxy) is 1. The quantitative estimate of drug-likeness (QED) is 0.817. The Labute approximate surface area is 120 Å². The largest absolute Gasteiger partial charge is 0.411 e. The van der Waals surface area contributed by atoms with Gasteiger partial charge in [-0.3, -0.25) is 4.79 Å². The molecule has 0 bridgehead atoms. The minimum atomic E-state index is -4.37. The normalized spacial score (nSPS) is 13.1. The van der Waals surface area contributed by atoms with Crippen LogP contribution in [0.1, 0.15) is 24.9 Å². The van der Waals surface area contributed by atoms with Gasteiger partial charge in [0.15, 0.2) is 0 Å². The lowest BCUT2D eigenvalue weighted by Crippen LogP contribution is -2.28. The first kappa shape index (κ1) is 16.8. The molecule has 0 aromatic heterocycles. The van der Waals surface area contributed by atoms with Gasteiger partial charge >= 0.3 is 6.18 Å². The Morgan fingerprint density at radius 3 is 2.75 bits per heavy atom. The van der Waals surface area contributed by atoms with Crippen LogP contribution in [0.3, 0.4) is 0 Å². The van der Waals surface area contributed by atoms with Crippen molar-refractivity contribution in [1.82, 2.24) is 5.32 Å². The van der Waals surface area contributed by atoms with E-state index in [2.05, 4.69) is 10.1 Å². The van der Waals surface area contributed by atoms with Crippen LogP contribution >= 0.6 is 11.6 Å². The Kier molecular flexibility index (Phi) is 6.29. The second-order valence-electron chi connectivity index (χ2n) is 4.26. The van der Waals surface area contributed by atoms with Crippen molar-refractivity contribution in [1.29, 1.82) is 0 Å². The molecule has 1 amide bonds. The van der Waals surface area contributed by atoms with Crippen LogP contribution in [0.15, 0.2) is 24.3 Å². The summed E-state index contributed by atoms with van der Waals surface area (Å²) >= 11 is 5.83. The zero-order chi connectivity index (χ0) is 15.2. The summed E-state index contributed by atoms with van der Waals surface area (Å²) in [5, 5.41) is 3.22. The number of benzene rings is 1. The molecule has 0 saturated heterocycles. The molecule has 0 spiro atoms. The third kappa shape index (κ3) is 6.77. The van der Waals surface area contributed by atoms with Crippen LogP contribution in [-0.2, 0) is 9.53 Å². The van der Waals surface area contributed by atoms with Gasteiger partial charge in [0.25, 0.3) is 0 Å². The lowest BCUT2D eigenvalue weighted by atomic mass is 10.1. The van der Waals surface area contributed by atoms with Crippen molar-refractivity contribution in [3.8, 4) is 0 Å². The highest BCUT2D eigenvalue weighted by Gasteiger charge is 2.27. The van der Waals surface area contributed by atoms with E-state index in [-0.39, 0.29) is 25.0 Å². The van der Waals surface area contributed by atoms with Crippen LogP contribution in [0.4, 0.5) is 13.2 Å². The van der Waals surface area contributed by atoms with E-state index in [0.29, 0.717) is 5.02 Å². The summed E-state index contributed by atoms with van der Waals surface area (Å²) in [6.45, 7) is 0.151. The zero-order valence-electron chi connectivity index (χ0n) is 10.8. The van der Waals surface area contributed by atoms with Crippen LogP contribution in [0.25, 0.3) is 0 Å². The van der Waals surface area contributed by atoms with Gasteiger partial charge in [-0.1, -0.05) is 23.7 Å². The lowest BCUT2D eigenvalue weighted by molar-refractivity contribution is -0.174. The Bertz CT molecular complexity index is 451. The van der Waals surface area contributed by atoms with Gasteiger partial charge in [-0.15, -0.1) is 0 Å². The fourth-order valence-electron chi connectivity index (χ4n) is 1.53. The number of alkyl halides is 3. The topological polar surface area (TPSA) is 38.3 Å². The van der Waals surface area contributed by atoms with Crippen LogP contribution in [0.2, 0.25) is 5.02 Å². The number of carbonyl (C=O) groups is 1. The van der Waals surface area contributed by atoms with E-state index in [1.807, 2.05) is 0 Å². The standard InChI is InChI=1S/C13H15ClF3NO2/c1-9(10-3-2-4-11(14)7-10)18-12(19)5-6-20-8-13(15,16)17/h2-4,7,9H,5-6,8H2,1H3,(H,18,19). The maximum atomic E-state index is 11.8. The molecule has 3 nitrogen and oxygen atoms in total. The van der Waals surface area contributed by atoms with Gasteiger partial charge in [-0.05, 0) is 24.6 Å². The average molecular weight is 310 g/mol. The molecular formula is C13H15ClF3NO2. The van der Waals surface area contributed by atoms with Gasteiger partial charge in [0.1, 0.15) is 6.61 Å². The predicted octanol–water partition coefficient (Wildman–Crippen LogP) is 3.49. The number of carbonyl (C=O) groups excluding carboxylic acids is 1. The number of halogens is 4. The number of rotatable bonds is 6. The van der Waals surface area contributed by atoms with Crippen LogP contribution in [0, 0.1) is 0 Å². The number of amides is 1. The fraction of sp³-hybridized carbons (Fsp3) is 0.462. The fourth-order valence-corrected chi connectivity index (χ4v) is 1.72. The average Bonchev–Trinajstić information content (AvgIpc) is 2.33. The smallest absolute Gasteiger partial charge is 0.372 e. The van der Waals surface area contributed by atoms with Gasteiger partial charge in [0, 0.05) is 11.4 Å². The van der Waals surface area contributed by atoms with E-state index in [1.54, 1.807) is 31.2 Å². The molecule has 112 valence electrons. The molecule has 0 fully saturated rings. The van der Waals surface area contributed by atoms with E-state index in [1.165, 1.54) is 0 Å². The van der Waals surface area contributed by atoms with Crippen molar-refractivity contribution in [3.05, 3.63) is 34.9 Å². The van der Waals surface area contributed by atoms with Gasteiger partial charge in [-0.25, -0.2) is 0 Å². The van der Waals surface area contributed by atoms with E-state index >= 15 is 0 Å². The van der Waals surface area contributed by atoms with Gasteiger partial charge in [0.05, 0.1) is 12.6 Å². The third-order valence-electron chi connectivity index (χ3n) is 2.47. The molecular weight excluding hydrogens is 295 g/mol. The van der Waals surface area contributed by atoms with E-state index in [9.17, 15) is 18.0 Å². The molecule has 20 heavy (non-hydrogen) atoms.